The van der Waals surface area contributed by atoms with Crippen molar-refractivity contribution in [3.05, 3.63) is 65.2 Å². The number of ether oxygens (including phenoxy) is 2. The van der Waals surface area contributed by atoms with Gasteiger partial charge in [-0.1, -0.05) is 46.8 Å². The monoisotopic (exact) mass is 414 g/mol. The first-order valence-corrected chi connectivity index (χ1v) is 9.00. The number of fused-ring (bicyclic) bond motifs is 2. The van der Waals surface area contributed by atoms with Crippen LogP contribution in [0, 0.1) is 0 Å². The van der Waals surface area contributed by atoms with Gasteiger partial charge in [-0.25, -0.2) is 4.79 Å². The van der Waals surface area contributed by atoms with E-state index in [1.165, 1.54) is 0 Å². The molecule has 0 spiro atoms. The number of rotatable bonds is 6. The zero-order valence-corrected chi connectivity index (χ0v) is 16.0. The quantitative estimate of drug-likeness (QED) is 0.363. The van der Waals surface area contributed by atoms with Gasteiger partial charge in [0.1, 0.15) is 12.4 Å². The van der Waals surface area contributed by atoms with Gasteiger partial charge in [0.15, 0.2) is 6.10 Å². The highest BCUT2D eigenvalue weighted by molar-refractivity contribution is 9.10. The smallest absolute Gasteiger partial charge is 0.333 e. The Bertz CT molecular complexity index is 980. The molecule has 0 amide bonds. The average Bonchev–Trinajstić information content (AvgIpc) is 2.63. The molecule has 1 N–H and O–H groups in total. The fourth-order valence-corrected chi connectivity index (χ4v) is 3.09. The number of halogens is 1. The molecule has 3 rings (SSSR count). The third-order valence-corrected chi connectivity index (χ3v) is 4.51. The molecule has 134 valence electrons. The normalized spacial score (nSPS) is 12.1. The summed E-state index contributed by atoms with van der Waals surface area (Å²) >= 11 is 3.50. The molecular weight excluding hydrogens is 396 g/mol. The summed E-state index contributed by atoms with van der Waals surface area (Å²) in [5.41, 5.74) is 0.281. The van der Waals surface area contributed by atoms with Gasteiger partial charge < -0.3 is 14.6 Å². The summed E-state index contributed by atoms with van der Waals surface area (Å²) < 4.78 is 12.2. The van der Waals surface area contributed by atoms with E-state index in [1.807, 2.05) is 42.5 Å². The second-order valence-corrected chi connectivity index (χ2v) is 7.01. The molecule has 0 aromatic heterocycles. The fraction of sp³-hybridized carbons (Fsp3) is 0.190. The summed E-state index contributed by atoms with van der Waals surface area (Å²) in [6, 6.07) is 16.0. The molecule has 5 heteroatoms. The Morgan fingerprint density at radius 3 is 2.62 bits per heavy atom. The van der Waals surface area contributed by atoms with Crippen molar-refractivity contribution in [1.29, 1.82) is 0 Å². The lowest BCUT2D eigenvalue weighted by Gasteiger charge is -2.18. The second-order valence-electron chi connectivity index (χ2n) is 6.09. The Morgan fingerprint density at radius 1 is 1.15 bits per heavy atom. The summed E-state index contributed by atoms with van der Waals surface area (Å²) in [5.74, 6) is 0.162. The zero-order chi connectivity index (χ0) is 18.7. The molecule has 0 aliphatic carbocycles. The molecule has 0 aliphatic heterocycles. The molecular formula is C21H19BrO4. The van der Waals surface area contributed by atoms with E-state index in [2.05, 4.69) is 28.6 Å². The number of benzene rings is 3. The highest BCUT2D eigenvalue weighted by Crippen LogP contribution is 2.36. The van der Waals surface area contributed by atoms with E-state index in [0.29, 0.717) is 5.75 Å². The summed E-state index contributed by atoms with van der Waals surface area (Å²) in [4.78, 5) is 11.7. The summed E-state index contributed by atoms with van der Waals surface area (Å²) in [6.07, 6.45) is -0.760. The van der Waals surface area contributed by atoms with Crippen molar-refractivity contribution >= 4 is 43.4 Å². The Kier molecular flexibility index (Phi) is 5.59. The number of aliphatic hydroxyl groups is 1. The minimum Gasteiger partial charge on any atom is -0.488 e. The SMILES string of the molecule is C=C(C)C(=O)OC(CO)COc1c2ccccc2cc2cc(Br)ccc12. The molecule has 3 aromatic carbocycles. The van der Waals surface area contributed by atoms with Crippen LogP contribution in [0.15, 0.2) is 65.2 Å². The summed E-state index contributed by atoms with van der Waals surface area (Å²) in [7, 11) is 0. The Balaban J connectivity index is 1.97. The van der Waals surface area contributed by atoms with Crippen LogP contribution in [0.3, 0.4) is 0 Å². The van der Waals surface area contributed by atoms with Gasteiger partial charge in [-0.05, 0) is 42.0 Å². The van der Waals surface area contributed by atoms with Crippen molar-refractivity contribution in [3.63, 3.8) is 0 Å². The highest BCUT2D eigenvalue weighted by atomic mass is 79.9. The number of carbonyl (C=O) groups excluding carboxylic acids is 1. The van der Waals surface area contributed by atoms with Gasteiger partial charge in [-0.3, -0.25) is 0 Å². The van der Waals surface area contributed by atoms with Gasteiger partial charge >= 0.3 is 5.97 Å². The molecule has 0 fully saturated rings. The van der Waals surface area contributed by atoms with Gasteiger partial charge in [0.05, 0.1) is 6.61 Å². The predicted molar refractivity (Wildman–Crippen MR) is 106 cm³/mol. The number of carbonyl (C=O) groups is 1. The molecule has 4 nitrogen and oxygen atoms in total. The summed E-state index contributed by atoms with van der Waals surface area (Å²) in [6.45, 7) is 4.84. The van der Waals surface area contributed by atoms with Gasteiger partial charge in [0, 0.05) is 20.8 Å². The fourth-order valence-electron chi connectivity index (χ4n) is 2.71. The second kappa shape index (κ2) is 7.89. The van der Waals surface area contributed by atoms with Crippen LogP contribution in [-0.4, -0.2) is 30.4 Å². The first-order valence-electron chi connectivity index (χ1n) is 8.20. The molecule has 0 saturated carbocycles. The standard InChI is InChI=1S/C21H19BrO4/c1-13(2)21(24)26-17(11-23)12-25-20-18-6-4-3-5-14(18)9-15-10-16(22)7-8-19(15)20/h3-10,17,23H,1,11-12H2,2H3. The van der Waals surface area contributed by atoms with E-state index in [1.54, 1.807) is 6.92 Å². The first-order chi connectivity index (χ1) is 12.5. The maximum atomic E-state index is 11.7. The van der Waals surface area contributed by atoms with Crippen LogP contribution in [0.1, 0.15) is 6.92 Å². The predicted octanol–water partition coefficient (Wildman–Crippen LogP) is 4.61. The van der Waals surface area contributed by atoms with Crippen molar-refractivity contribution in [2.45, 2.75) is 13.0 Å². The van der Waals surface area contributed by atoms with Gasteiger partial charge in [0.25, 0.3) is 0 Å². The molecule has 0 radical (unpaired) electrons. The van der Waals surface area contributed by atoms with Crippen molar-refractivity contribution in [3.8, 4) is 5.75 Å². The molecule has 0 saturated heterocycles. The lowest BCUT2D eigenvalue weighted by Crippen LogP contribution is -2.28. The topological polar surface area (TPSA) is 55.8 Å². The number of hydrogen-bond acceptors (Lipinski definition) is 4. The maximum Gasteiger partial charge on any atom is 0.333 e. The van der Waals surface area contributed by atoms with E-state index < -0.39 is 12.1 Å². The number of aliphatic hydroxyl groups excluding tert-OH is 1. The van der Waals surface area contributed by atoms with E-state index in [9.17, 15) is 9.90 Å². The first kappa shape index (κ1) is 18.4. The van der Waals surface area contributed by atoms with E-state index in [0.717, 1.165) is 26.0 Å². The van der Waals surface area contributed by atoms with Gasteiger partial charge in [-0.2, -0.15) is 0 Å². The van der Waals surface area contributed by atoms with E-state index >= 15 is 0 Å². The lowest BCUT2D eigenvalue weighted by atomic mass is 10.0. The maximum absolute atomic E-state index is 11.7. The molecule has 1 unspecified atom stereocenters. The molecule has 0 heterocycles. The molecule has 0 aliphatic rings. The van der Waals surface area contributed by atoms with Crippen LogP contribution in [0.5, 0.6) is 5.75 Å². The van der Waals surface area contributed by atoms with Crippen LogP contribution in [-0.2, 0) is 9.53 Å². The van der Waals surface area contributed by atoms with Crippen LogP contribution in [0.4, 0.5) is 0 Å². The minimum absolute atomic E-state index is 0.0503. The molecule has 3 aromatic rings. The van der Waals surface area contributed by atoms with E-state index in [4.69, 9.17) is 9.47 Å². The Hall–Kier alpha value is -2.37. The van der Waals surface area contributed by atoms with E-state index in [-0.39, 0.29) is 18.8 Å². The zero-order valence-electron chi connectivity index (χ0n) is 14.4. The molecule has 1 atom stereocenters. The van der Waals surface area contributed by atoms with Crippen LogP contribution >= 0.6 is 15.9 Å². The third-order valence-electron chi connectivity index (χ3n) is 4.01. The molecule has 26 heavy (non-hydrogen) atoms. The third kappa shape index (κ3) is 3.89. The average molecular weight is 415 g/mol. The largest absolute Gasteiger partial charge is 0.488 e. The number of hydrogen-bond donors (Lipinski definition) is 1. The highest BCUT2D eigenvalue weighted by Gasteiger charge is 2.17. The van der Waals surface area contributed by atoms with Crippen LogP contribution in [0.2, 0.25) is 0 Å². The van der Waals surface area contributed by atoms with Gasteiger partial charge in [0.2, 0.25) is 0 Å². The lowest BCUT2D eigenvalue weighted by molar-refractivity contribution is -0.147. The van der Waals surface area contributed by atoms with Gasteiger partial charge in [-0.15, -0.1) is 0 Å². The summed E-state index contributed by atoms with van der Waals surface area (Å²) in [5, 5.41) is 13.5. The van der Waals surface area contributed by atoms with Crippen molar-refractivity contribution in [2.24, 2.45) is 0 Å². The van der Waals surface area contributed by atoms with Crippen molar-refractivity contribution in [1.82, 2.24) is 0 Å². The van der Waals surface area contributed by atoms with Crippen molar-refractivity contribution < 1.29 is 19.4 Å². The number of esters is 1. The molecule has 0 bridgehead atoms. The van der Waals surface area contributed by atoms with Crippen LogP contribution < -0.4 is 4.74 Å². The van der Waals surface area contributed by atoms with Crippen molar-refractivity contribution in [2.75, 3.05) is 13.2 Å². The Labute approximate surface area is 160 Å². The Morgan fingerprint density at radius 2 is 1.88 bits per heavy atom. The van der Waals surface area contributed by atoms with Crippen LogP contribution in [0.25, 0.3) is 21.5 Å². The minimum atomic E-state index is -0.760.